The highest BCUT2D eigenvalue weighted by molar-refractivity contribution is 7.07. The van der Waals surface area contributed by atoms with Gasteiger partial charge >= 0.3 is 12.0 Å². The number of urea groups is 1. The highest BCUT2D eigenvalue weighted by Gasteiger charge is 2.28. The van der Waals surface area contributed by atoms with Crippen molar-refractivity contribution in [1.82, 2.24) is 10.2 Å². The maximum Gasteiger partial charge on any atom is 0.318 e. The van der Waals surface area contributed by atoms with Crippen LogP contribution in [-0.4, -0.2) is 47.8 Å². The minimum absolute atomic E-state index is 0.0914. The zero-order valence-electron chi connectivity index (χ0n) is 10.4. The first-order valence-electron chi connectivity index (χ1n) is 6.02. The van der Waals surface area contributed by atoms with Crippen molar-refractivity contribution < 1.29 is 19.4 Å². The summed E-state index contributed by atoms with van der Waals surface area (Å²) in [7, 11) is 0. The van der Waals surface area contributed by atoms with Gasteiger partial charge in [0.1, 0.15) is 0 Å². The molecular weight excluding hydrogens is 268 g/mol. The number of nitrogens with zero attached hydrogens (tertiary/aromatic N) is 1. The van der Waals surface area contributed by atoms with Gasteiger partial charge in [-0.25, -0.2) is 4.79 Å². The summed E-state index contributed by atoms with van der Waals surface area (Å²) in [5.74, 6) is -0.925. The number of ether oxygens (including phenoxy) is 1. The molecule has 1 saturated heterocycles. The van der Waals surface area contributed by atoms with Crippen molar-refractivity contribution in [2.75, 3.05) is 19.8 Å². The maximum absolute atomic E-state index is 12.1. The number of aliphatic carboxylic acids is 1. The van der Waals surface area contributed by atoms with Crippen LogP contribution in [0.15, 0.2) is 16.8 Å². The van der Waals surface area contributed by atoms with Gasteiger partial charge < -0.3 is 20.1 Å². The topological polar surface area (TPSA) is 78.9 Å². The third kappa shape index (κ3) is 3.93. The normalized spacial score (nSPS) is 19.2. The number of carbonyl (C=O) groups excluding carboxylic acids is 1. The van der Waals surface area contributed by atoms with Crippen LogP contribution in [0.5, 0.6) is 0 Å². The number of thiophene rings is 1. The molecule has 2 rings (SSSR count). The molecule has 1 aliphatic rings. The van der Waals surface area contributed by atoms with Crippen molar-refractivity contribution in [3.05, 3.63) is 22.4 Å². The van der Waals surface area contributed by atoms with Crippen LogP contribution < -0.4 is 5.32 Å². The van der Waals surface area contributed by atoms with Gasteiger partial charge in [0, 0.05) is 13.1 Å². The largest absolute Gasteiger partial charge is 0.481 e. The van der Waals surface area contributed by atoms with E-state index in [0.717, 1.165) is 5.56 Å². The van der Waals surface area contributed by atoms with E-state index < -0.39 is 12.0 Å². The fourth-order valence-corrected chi connectivity index (χ4v) is 2.63. The van der Waals surface area contributed by atoms with Crippen molar-refractivity contribution in [3.8, 4) is 0 Å². The Bertz CT molecular complexity index is 435. The first-order chi connectivity index (χ1) is 9.16. The van der Waals surface area contributed by atoms with Crippen LogP contribution in [-0.2, 0) is 16.1 Å². The molecule has 0 saturated carbocycles. The van der Waals surface area contributed by atoms with Gasteiger partial charge in [-0.15, -0.1) is 0 Å². The van der Waals surface area contributed by atoms with E-state index in [1.165, 1.54) is 0 Å². The Labute approximate surface area is 115 Å². The second-order valence-electron chi connectivity index (χ2n) is 4.31. The first-order valence-corrected chi connectivity index (χ1v) is 6.96. The molecule has 1 atom stereocenters. The van der Waals surface area contributed by atoms with Gasteiger partial charge in [-0.3, -0.25) is 4.79 Å². The van der Waals surface area contributed by atoms with E-state index in [-0.39, 0.29) is 19.1 Å². The van der Waals surface area contributed by atoms with E-state index in [4.69, 9.17) is 9.84 Å². The Morgan fingerprint density at radius 1 is 1.58 bits per heavy atom. The lowest BCUT2D eigenvalue weighted by molar-refractivity contribution is -0.139. The summed E-state index contributed by atoms with van der Waals surface area (Å²) in [4.78, 5) is 24.4. The SMILES string of the molecule is O=C(O)CC1COCCN1C(=O)NCc1ccsc1. The van der Waals surface area contributed by atoms with E-state index in [9.17, 15) is 9.59 Å². The third-order valence-electron chi connectivity index (χ3n) is 2.92. The van der Waals surface area contributed by atoms with Gasteiger partial charge in [-0.1, -0.05) is 0 Å². The number of carbonyl (C=O) groups is 2. The monoisotopic (exact) mass is 284 g/mol. The molecule has 1 aliphatic heterocycles. The van der Waals surface area contributed by atoms with Gasteiger partial charge in [0.2, 0.25) is 0 Å². The quantitative estimate of drug-likeness (QED) is 0.869. The van der Waals surface area contributed by atoms with E-state index in [2.05, 4.69) is 5.32 Å². The number of hydrogen-bond donors (Lipinski definition) is 2. The van der Waals surface area contributed by atoms with Crippen LogP contribution >= 0.6 is 11.3 Å². The van der Waals surface area contributed by atoms with Gasteiger partial charge in [0.25, 0.3) is 0 Å². The number of nitrogens with one attached hydrogen (secondary N) is 1. The lowest BCUT2D eigenvalue weighted by Crippen LogP contribution is -2.52. The van der Waals surface area contributed by atoms with Crippen molar-refractivity contribution in [2.24, 2.45) is 0 Å². The molecule has 1 unspecified atom stereocenters. The van der Waals surface area contributed by atoms with Crippen LogP contribution in [0.2, 0.25) is 0 Å². The van der Waals surface area contributed by atoms with Crippen LogP contribution in [0, 0.1) is 0 Å². The Morgan fingerprint density at radius 2 is 2.42 bits per heavy atom. The number of hydrogen-bond acceptors (Lipinski definition) is 4. The van der Waals surface area contributed by atoms with E-state index in [0.29, 0.717) is 19.7 Å². The molecule has 0 aromatic carbocycles. The lowest BCUT2D eigenvalue weighted by atomic mass is 10.1. The molecule has 1 aromatic heterocycles. The summed E-state index contributed by atoms with van der Waals surface area (Å²) in [5.41, 5.74) is 1.04. The van der Waals surface area contributed by atoms with E-state index in [1.54, 1.807) is 16.2 Å². The molecule has 2 heterocycles. The van der Waals surface area contributed by atoms with Crippen molar-refractivity contribution in [1.29, 1.82) is 0 Å². The molecule has 0 aliphatic carbocycles. The number of morpholine rings is 1. The summed E-state index contributed by atoms with van der Waals surface area (Å²) < 4.78 is 5.23. The van der Waals surface area contributed by atoms with Crippen LogP contribution in [0.3, 0.4) is 0 Å². The summed E-state index contributed by atoms with van der Waals surface area (Å²) in [5, 5.41) is 15.6. The predicted molar refractivity (Wildman–Crippen MR) is 70.1 cm³/mol. The molecule has 0 radical (unpaired) electrons. The highest BCUT2D eigenvalue weighted by Crippen LogP contribution is 2.11. The highest BCUT2D eigenvalue weighted by atomic mass is 32.1. The fraction of sp³-hybridized carbons (Fsp3) is 0.500. The standard InChI is InChI=1S/C12H16N2O4S/c15-11(16)5-10-7-18-3-2-14(10)12(17)13-6-9-1-4-19-8-9/h1,4,8,10H,2-3,5-7H2,(H,13,17)(H,15,16). The van der Waals surface area contributed by atoms with Crippen LogP contribution in [0.1, 0.15) is 12.0 Å². The van der Waals surface area contributed by atoms with Crippen molar-refractivity contribution in [3.63, 3.8) is 0 Å². The Kier molecular flexibility index (Phi) is 4.75. The van der Waals surface area contributed by atoms with Crippen molar-refractivity contribution in [2.45, 2.75) is 19.0 Å². The smallest absolute Gasteiger partial charge is 0.318 e. The molecule has 2 amide bonds. The lowest BCUT2D eigenvalue weighted by Gasteiger charge is -2.34. The second kappa shape index (κ2) is 6.53. The van der Waals surface area contributed by atoms with Crippen LogP contribution in [0.25, 0.3) is 0 Å². The van der Waals surface area contributed by atoms with E-state index >= 15 is 0 Å². The zero-order valence-corrected chi connectivity index (χ0v) is 11.2. The number of rotatable bonds is 4. The molecular formula is C12H16N2O4S. The van der Waals surface area contributed by atoms with Gasteiger partial charge in [0.15, 0.2) is 0 Å². The molecule has 2 N–H and O–H groups in total. The Hall–Kier alpha value is -1.60. The first kappa shape index (κ1) is 13.8. The molecule has 19 heavy (non-hydrogen) atoms. The zero-order chi connectivity index (χ0) is 13.7. The summed E-state index contributed by atoms with van der Waals surface area (Å²) >= 11 is 1.57. The minimum Gasteiger partial charge on any atom is -0.481 e. The van der Waals surface area contributed by atoms with Crippen LogP contribution in [0.4, 0.5) is 4.79 Å². The van der Waals surface area contributed by atoms with Gasteiger partial charge in [-0.05, 0) is 22.4 Å². The van der Waals surface area contributed by atoms with Gasteiger partial charge in [-0.2, -0.15) is 11.3 Å². The second-order valence-corrected chi connectivity index (χ2v) is 5.09. The average molecular weight is 284 g/mol. The number of carboxylic acid groups (broad SMARTS) is 1. The molecule has 1 fully saturated rings. The molecule has 1 aromatic rings. The fourth-order valence-electron chi connectivity index (χ4n) is 1.97. The summed E-state index contributed by atoms with van der Waals surface area (Å²) in [6, 6.07) is 1.31. The minimum atomic E-state index is -0.925. The summed E-state index contributed by atoms with van der Waals surface area (Å²) in [6.45, 7) is 1.60. The van der Waals surface area contributed by atoms with E-state index in [1.807, 2.05) is 16.8 Å². The maximum atomic E-state index is 12.1. The molecule has 104 valence electrons. The molecule has 0 bridgehead atoms. The Morgan fingerprint density at radius 3 is 3.11 bits per heavy atom. The van der Waals surface area contributed by atoms with Crippen molar-refractivity contribution >= 4 is 23.3 Å². The number of carboxylic acids is 1. The molecule has 0 spiro atoms. The van der Waals surface area contributed by atoms with Gasteiger partial charge in [0.05, 0.1) is 25.7 Å². The number of amides is 2. The average Bonchev–Trinajstić information content (AvgIpc) is 2.89. The molecule has 6 nitrogen and oxygen atoms in total. The summed E-state index contributed by atoms with van der Waals surface area (Å²) in [6.07, 6.45) is -0.0914. The Balaban J connectivity index is 1.89. The third-order valence-corrected chi connectivity index (χ3v) is 3.65. The predicted octanol–water partition coefficient (Wildman–Crippen LogP) is 1.13. The molecule has 7 heteroatoms.